The zero-order valence-electron chi connectivity index (χ0n) is 12.4. The number of esters is 1. The van der Waals surface area contributed by atoms with E-state index in [1.165, 1.54) is 0 Å². The molecular weight excluding hydrogens is 248 g/mol. The van der Waals surface area contributed by atoms with Crippen LogP contribution in [0.3, 0.4) is 0 Å². The van der Waals surface area contributed by atoms with E-state index < -0.39 is 0 Å². The van der Waals surface area contributed by atoms with Crippen molar-refractivity contribution in [2.45, 2.75) is 33.1 Å². The maximum Gasteiger partial charge on any atom is 0.343 e. The Bertz CT molecular complexity index is 607. The summed E-state index contributed by atoms with van der Waals surface area (Å²) in [6, 6.07) is 15.0. The van der Waals surface area contributed by atoms with E-state index in [2.05, 4.69) is 20.8 Å². The Kier molecular flexibility index (Phi) is 3.93. The Morgan fingerprint density at radius 1 is 1.00 bits per heavy atom. The van der Waals surface area contributed by atoms with Crippen LogP contribution >= 0.6 is 0 Å². The number of hydrogen-bond acceptors (Lipinski definition) is 2. The van der Waals surface area contributed by atoms with Gasteiger partial charge in [-0.05, 0) is 36.1 Å². The molecule has 2 aromatic carbocycles. The van der Waals surface area contributed by atoms with Crippen LogP contribution in [0.25, 0.3) is 0 Å². The second kappa shape index (κ2) is 5.49. The molecule has 0 fully saturated rings. The quantitative estimate of drug-likeness (QED) is 0.591. The maximum atomic E-state index is 12.2. The number of hydrogen-bond donors (Lipinski definition) is 0. The van der Waals surface area contributed by atoms with E-state index >= 15 is 0 Å². The summed E-state index contributed by atoms with van der Waals surface area (Å²) in [5.41, 5.74) is 2.61. The average Bonchev–Trinajstić information content (AvgIpc) is 2.38. The van der Waals surface area contributed by atoms with E-state index in [9.17, 15) is 4.79 Å². The lowest BCUT2D eigenvalue weighted by Gasteiger charge is -2.22. The van der Waals surface area contributed by atoms with Crippen molar-refractivity contribution in [2.24, 2.45) is 0 Å². The highest BCUT2D eigenvalue weighted by Gasteiger charge is 2.21. The van der Waals surface area contributed by atoms with Crippen LogP contribution in [0.2, 0.25) is 0 Å². The number of carbonyl (C=O) groups is 1. The average molecular weight is 268 g/mol. The van der Waals surface area contributed by atoms with Crippen LogP contribution in [-0.2, 0) is 5.41 Å². The molecule has 0 aromatic heterocycles. The van der Waals surface area contributed by atoms with Gasteiger partial charge in [0.15, 0.2) is 0 Å². The van der Waals surface area contributed by atoms with Crippen molar-refractivity contribution in [3.05, 3.63) is 65.2 Å². The van der Waals surface area contributed by atoms with Crippen molar-refractivity contribution in [3.63, 3.8) is 0 Å². The van der Waals surface area contributed by atoms with Crippen molar-refractivity contribution in [1.82, 2.24) is 0 Å². The molecular formula is C18H20O2. The van der Waals surface area contributed by atoms with Gasteiger partial charge in [-0.25, -0.2) is 4.79 Å². The van der Waals surface area contributed by atoms with Crippen LogP contribution < -0.4 is 4.74 Å². The molecule has 0 saturated carbocycles. The normalized spacial score (nSPS) is 11.2. The molecule has 0 aliphatic rings. The number of aryl methyl sites for hydroxylation is 1. The van der Waals surface area contributed by atoms with Crippen LogP contribution in [0.5, 0.6) is 5.75 Å². The summed E-state index contributed by atoms with van der Waals surface area (Å²) in [5, 5.41) is 0. The van der Waals surface area contributed by atoms with Gasteiger partial charge in [-0.15, -0.1) is 0 Å². The van der Waals surface area contributed by atoms with E-state index in [0.29, 0.717) is 11.3 Å². The SMILES string of the molecule is Cc1ccc(C(C)(C)C)c(OC(=O)c2ccccc2)c1. The first-order valence-corrected chi connectivity index (χ1v) is 6.76. The summed E-state index contributed by atoms with van der Waals surface area (Å²) in [6.45, 7) is 8.32. The lowest BCUT2D eigenvalue weighted by molar-refractivity contribution is 0.0732. The number of ether oxygens (including phenoxy) is 1. The van der Waals surface area contributed by atoms with E-state index in [0.717, 1.165) is 11.1 Å². The maximum absolute atomic E-state index is 12.2. The van der Waals surface area contributed by atoms with Gasteiger partial charge in [0, 0.05) is 5.56 Å². The molecule has 0 saturated heterocycles. The third-order valence-electron chi connectivity index (χ3n) is 3.16. The Morgan fingerprint density at radius 2 is 1.65 bits per heavy atom. The third-order valence-corrected chi connectivity index (χ3v) is 3.16. The highest BCUT2D eigenvalue weighted by atomic mass is 16.5. The van der Waals surface area contributed by atoms with Gasteiger partial charge in [-0.2, -0.15) is 0 Å². The molecule has 0 spiro atoms. The molecule has 0 aliphatic carbocycles. The van der Waals surface area contributed by atoms with Gasteiger partial charge < -0.3 is 4.74 Å². The van der Waals surface area contributed by atoms with Crippen LogP contribution in [0.1, 0.15) is 42.3 Å². The summed E-state index contributed by atoms with van der Waals surface area (Å²) in [6.07, 6.45) is 0. The molecule has 0 atom stereocenters. The highest BCUT2D eigenvalue weighted by molar-refractivity contribution is 5.91. The molecule has 2 rings (SSSR count). The highest BCUT2D eigenvalue weighted by Crippen LogP contribution is 2.32. The van der Waals surface area contributed by atoms with Gasteiger partial charge in [0.25, 0.3) is 0 Å². The molecule has 2 nitrogen and oxygen atoms in total. The molecule has 20 heavy (non-hydrogen) atoms. The van der Waals surface area contributed by atoms with Gasteiger partial charge in [0.05, 0.1) is 5.56 Å². The molecule has 0 aliphatic heterocycles. The smallest absolute Gasteiger partial charge is 0.343 e. The van der Waals surface area contributed by atoms with Gasteiger partial charge >= 0.3 is 5.97 Å². The molecule has 0 amide bonds. The second-order valence-electron chi connectivity index (χ2n) is 6.01. The minimum absolute atomic E-state index is 0.0694. The summed E-state index contributed by atoms with van der Waals surface area (Å²) >= 11 is 0. The fraction of sp³-hybridized carbons (Fsp3) is 0.278. The monoisotopic (exact) mass is 268 g/mol. The van der Waals surface area contributed by atoms with Gasteiger partial charge in [0.2, 0.25) is 0 Å². The number of carbonyl (C=O) groups excluding carboxylic acids is 1. The van der Waals surface area contributed by atoms with Crippen LogP contribution in [-0.4, -0.2) is 5.97 Å². The summed E-state index contributed by atoms with van der Waals surface area (Å²) in [4.78, 5) is 12.2. The first-order chi connectivity index (χ1) is 9.38. The van der Waals surface area contributed by atoms with Gasteiger partial charge in [-0.3, -0.25) is 0 Å². The topological polar surface area (TPSA) is 26.3 Å². The molecule has 2 heteroatoms. The van der Waals surface area contributed by atoms with E-state index in [-0.39, 0.29) is 11.4 Å². The predicted octanol–water partition coefficient (Wildman–Crippen LogP) is 4.51. The summed E-state index contributed by atoms with van der Waals surface area (Å²) in [5.74, 6) is 0.327. The van der Waals surface area contributed by atoms with Crippen molar-refractivity contribution in [2.75, 3.05) is 0 Å². The zero-order chi connectivity index (χ0) is 14.8. The predicted molar refractivity (Wildman–Crippen MR) is 81.3 cm³/mol. The Balaban J connectivity index is 2.34. The fourth-order valence-electron chi connectivity index (χ4n) is 2.07. The van der Waals surface area contributed by atoms with E-state index in [4.69, 9.17) is 4.74 Å². The van der Waals surface area contributed by atoms with Gasteiger partial charge in [0.1, 0.15) is 5.75 Å². The molecule has 104 valence electrons. The first-order valence-electron chi connectivity index (χ1n) is 6.76. The summed E-state index contributed by atoms with van der Waals surface area (Å²) in [7, 11) is 0. The lowest BCUT2D eigenvalue weighted by atomic mass is 9.86. The van der Waals surface area contributed by atoms with Crippen LogP contribution in [0, 0.1) is 6.92 Å². The lowest BCUT2D eigenvalue weighted by Crippen LogP contribution is -2.16. The molecule has 0 unspecified atom stereocenters. The Hall–Kier alpha value is -2.09. The zero-order valence-corrected chi connectivity index (χ0v) is 12.4. The molecule has 2 aromatic rings. The summed E-state index contributed by atoms with van der Waals surface area (Å²) < 4.78 is 5.60. The first kappa shape index (κ1) is 14.3. The van der Waals surface area contributed by atoms with Crippen molar-refractivity contribution < 1.29 is 9.53 Å². The minimum Gasteiger partial charge on any atom is -0.423 e. The Morgan fingerprint density at radius 3 is 2.25 bits per heavy atom. The number of rotatable bonds is 2. The standard InChI is InChI=1S/C18H20O2/c1-13-10-11-15(18(2,3)4)16(12-13)20-17(19)14-8-6-5-7-9-14/h5-12H,1-4H3. The van der Waals surface area contributed by atoms with Crippen LogP contribution in [0.15, 0.2) is 48.5 Å². The van der Waals surface area contributed by atoms with Crippen LogP contribution in [0.4, 0.5) is 0 Å². The molecule has 0 radical (unpaired) electrons. The third kappa shape index (κ3) is 3.27. The number of benzene rings is 2. The Labute approximate surface area is 120 Å². The molecule has 0 heterocycles. The van der Waals surface area contributed by atoms with Crippen molar-refractivity contribution >= 4 is 5.97 Å². The van der Waals surface area contributed by atoms with Crippen molar-refractivity contribution in [3.8, 4) is 5.75 Å². The molecule has 0 N–H and O–H groups in total. The van der Waals surface area contributed by atoms with Crippen molar-refractivity contribution in [1.29, 1.82) is 0 Å². The minimum atomic E-state index is -0.318. The van der Waals surface area contributed by atoms with Gasteiger partial charge in [-0.1, -0.05) is 51.1 Å². The largest absolute Gasteiger partial charge is 0.423 e. The molecule has 0 bridgehead atoms. The second-order valence-corrected chi connectivity index (χ2v) is 6.01. The fourth-order valence-corrected chi connectivity index (χ4v) is 2.07. The van der Waals surface area contributed by atoms with E-state index in [1.807, 2.05) is 43.3 Å². The van der Waals surface area contributed by atoms with E-state index in [1.54, 1.807) is 12.1 Å².